The molecule has 3 aromatic rings. The number of aromatic nitrogens is 3. The Labute approximate surface area is 223 Å². The number of amides is 1. The highest BCUT2D eigenvalue weighted by Crippen LogP contribution is 2.35. The van der Waals surface area contributed by atoms with Crippen LogP contribution in [0.15, 0.2) is 42.6 Å². The van der Waals surface area contributed by atoms with Crippen LogP contribution in [-0.4, -0.2) is 72.0 Å². The number of nitrogens with zero attached hydrogens (tertiary/aromatic N) is 5. The molecule has 202 valence electrons. The second-order valence-corrected chi connectivity index (χ2v) is 12.5. The number of nitrogens with one attached hydrogen (secondary N) is 1. The van der Waals surface area contributed by atoms with Crippen LogP contribution in [0, 0.1) is 6.92 Å². The normalized spacial score (nSPS) is 22.3. The number of rotatable bonds is 6. The van der Waals surface area contributed by atoms with Gasteiger partial charge in [-0.2, -0.15) is 13.5 Å². The highest BCUT2D eigenvalue weighted by Gasteiger charge is 2.44. The van der Waals surface area contributed by atoms with Gasteiger partial charge < -0.3 is 15.5 Å². The van der Waals surface area contributed by atoms with Crippen LogP contribution in [-0.2, 0) is 20.2 Å². The van der Waals surface area contributed by atoms with Gasteiger partial charge in [-0.3, -0.25) is 4.79 Å². The first kappa shape index (κ1) is 26.3. The zero-order valence-corrected chi connectivity index (χ0v) is 23.0. The lowest BCUT2D eigenvalue weighted by Gasteiger charge is -2.39. The van der Waals surface area contributed by atoms with Crippen molar-refractivity contribution < 1.29 is 17.6 Å². The molecule has 3 atom stereocenters. The Kier molecular flexibility index (Phi) is 6.99. The molecule has 0 radical (unpaired) electrons. The molecule has 2 aliphatic heterocycles. The molecule has 0 unspecified atom stereocenters. The average molecular weight is 539 g/mol. The molecule has 4 heterocycles. The maximum absolute atomic E-state index is 14.2. The minimum atomic E-state index is -3.54. The summed E-state index contributed by atoms with van der Waals surface area (Å²) in [6, 6.07) is 11.2. The van der Waals surface area contributed by atoms with Gasteiger partial charge in [0.2, 0.25) is 5.91 Å². The van der Waals surface area contributed by atoms with Crippen molar-refractivity contribution in [2.24, 2.45) is 5.73 Å². The molecule has 0 aliphatic carbocycles. The van der Waals surface area contributed by atoms with E-state index in [0.717, 1.165) is 67.8 Å². The number of aryl methyl sites for hydroxylation is 1. The third-order valence-corrected chi connectivity index (χ3v) is 8.18. The van der Waals surface area contributed by atoms with Crippen molar-refractivity contribution in [2.75, 3.05) is 30.8 Å². The number of hydrogen-bond acceptors (Lipinski definition) is 7. The van der Waals surface area contributed by atoms with Gasteiger partial charge in [0.25, 0.3) is 0 Å². The van der Waals surface area contributed by atoms with Gasteiger partial charge in [0.1, 0.15) is 11.2 Å². The summed E-state index contributed by atoms with van der Waals surface area (Å²) >= 11 is 0. The van der Waals surface area contributed by atoms with Crippen molar-refractivity contribution in [3.05, 3.63) is 59.4 Å². The Morgan fingerprint density at radius 3 is 2.63 bits per heavy atom. The topological polar surface area (TPSA) is 128 Å². The predicted molar refractivity (Wildman–Crippen MR) is 146 cm³/mol. The van der Waals surface area contributed by atoms with Crippen LogP contribution < -0.4 is 15.0 Å². The lowest BCUT2D eigenvalue weighted by atomic mass is 9.81. The molecule has 0 spiro atoms. The van der Waals surface area contributed by atoms with Gasteiger partial charge in [0.05, 0.1) is 18.0 Å². The number of nitrogens with two attached hydrogens (primary N) is 1. The van der Waals surface area contributed by atoms with Crippen molar-refractivity contribution in [1.29, 1.82) is 0 Å². The van der Waals surface area contributed by atoms with Gasteiger partial charge >= 0.3 is 10.0 Å². The van der Waals surface area contributed by atoms with E-state index in [0.29, 0.717) is 12.1 Å². The monoisotopic (exact) mass is 538 g/mol. The summed E-state index contributed by atoms with van der Waals surface area (Å²) in [4.78, 5) is 23.2. The second kappa shape index (κ2) is 10.1. The molecular formula is C27H36N7O3S+. The molecule has 2 aliphatic rings. The first-order valence-electron chi connectivity index (χ1n) is 13.1. The van der Waals surface area contributed by atoms with Crippen molar-refractivity contribution in [3.63, 3.8) is 0 Å². The fourth-order valence-corrected chi connectivity index (χ4v) is 5.99. The summed E-state index contributed by atoms with van der Waals surface area (Å²) in [6.07, 6.45) is 8.02. The number of benzene rings is 1. The first-order chi connectivity index (χ1) is 18.0. The predicted octanol–water partition coefficient (Wildman–Crippen LogP) is 0.698. The Morgan fingerprint density at radius 2 is 1.95 bits per heavy atom. The van der Waals surface area contributed by atoms with Crippen LogP contribution in [0.3, 0.4) is 0 Å². The second-order valence-electron chi connectivity index (χ2n) is 10.7. The molecule has 1 amide bonds. The Bertz CT molecular complexity index is 1470. The zero-order valence-electron chi connectivity index (χ0n) is 22.2. The van der Waals surface area contributed by atoms with Gasteiger partial charge in [-0.05, 0) is 45.1 Å². The van der Waals surface area contributed by atoms with Crippen molar-refractivity contribution in [2.45, 2.75) is 57.0 Å². The third kappa shape index (κ3) is 5.17. The minimum Gasteiger partial charge on any atom is -0.355 e. The van der Waals surface area contributed by atoms with E-state index >= 15 is 0 Å². The molecule has 10 nitrogen and oxygen atoms in total. The zero-order chi connectivity index (χ0) is 27.1. The molecule has 2 aromatic heterocycles. The van der Waals surface area contributed by atoms with Gasteiger partial charge in [-0.15, -0.1) is 4.40 Å². The minimum absolute atomic E-state index is 0.155. The molecule has 2 saturated heterocycles. The average Bonchev–Trinajstić information content (AvgIpc) is 3.52. The van der Waals surface area contributed by atoms with Gasteiger partial charge in [0, 0.05) is 43.5 Å². The lowest BCUT2D eigenvalue weighted by Crippen LogP contribution is -2.76. The van der Waals surface area contributed by atoms with Crippen molar-refractivity contribution in [1.82, 2.24) is 19.5 Å². The summed E-state index contributed by atoms with van der Waals surface area (Å²) in [5, 5.41) is 4.85. The Morgan fingerprint density at radius 1 is 1.18 bits per heavy atom. The number of carbonyl (C=O) groups excluding carboxylic acids is 1. The molecule has 38 heavy (non-hydrogen) atoms. The molecule has 2 fully saturated rings. The van der Waals surface area contributed by atoms with E-state index in [9.17, 15) is 13.2 Å². The molecular weight excluding hydrogens is 502 g/mol. The summed E-state index contributed by atoms with van der Waals surface area (Å²) in [5.74, 6) is 0.754. The van der Waals surface area contributed by atoms with Crippen LogP contribution in [0.2, 0.25) is 0 Å². The van der Waals surface area contributed by atoms with E-state index in [1.165, 1.54) is 6.21 Å². The number of carbonyl (C=O) groups is 1. The van der Waals surface area contributed by atoms with E-state index in [2.05, 4.69) is 9.30 Å². The quantitative estimate of drug-likeness (QED) is 0.442. The molecule has 0 bridgehead atoms. The number of piperidine rings is 1. The van der Waals surface area contributed by atoms with Gasteiger partial charge in [-0.1, -0.05) is 30.3 Å². The fraction of sp³-hybridized carbons (Fsp3) is 0.481. The highest BCUT2D eigenvalue weighted by molar-refractivity contribution is 7.83. The summed E-state index contributed by atoms with van der Waals surface area (Å²) in [5.41, 5.74) is 8.18. The van der Waals surface area contributed by atoms with E-state index in [4.69, 9.17) is 15.8 Å². The molecule has 5 rings (SSSR count). The van der Waals surface area contributed by atoms with Crippen LogP contribution >= 0.6 is 0 Å². The van der Waals surface area contributed by atoms with Crippen LogP contribution in [0.1, 0.15) is 55.5 Å². The highest BCUT2D eigenvalue weighted by atomic mass is 32.2. The van der Waals surface area contributed by atoms with Crippen molar-refractivity contribution in [3.8, 4) is 0 Å². The molecule has 3 N–H and O–H groups in total. The molecule has 11 heteroatoms. The summed E-state index contributed by atoms with van der Waals surface area (Å²) in [7, 11) is -3.54. The summed E-state index contributed by atoms with van der Waals surface area (Å²) < 4.78 is 28.2. The smallest absolute Gasteiger partial charge is 0.355 e. The van der Waals surface area contributed by atoms with E-state index in [1.54, 1.807) is 11.4 Å². The Balaban J connectivity index is 1.51. The number of sulfonamides is 1. The largest absolute Gasteiger partial charge is 0.359 e. The number of anilines is 1. The van der Waals surface area contributed by atoms with E-state index < -0.39 is 15.4 Å². The van der Waals surface area contributed by atoms with Gasteiger partial charge in [0.15, 0.2) is 11.9 Å². The SMILES string of the molecule is Cc1cn2nc([C@@H]3CCCCN3C(=O)[C@](C)(/C=[NH+]\S(C)(=O)=O)c3ccccc3)cc2nc1N1CC[C@H](N)C1. The lowest BCUT2D eigenvalue weighted by molar-refractivity contribution is -0.263. The summed E-state index contributed by atoms with van der Waals surface area (Å²) in [6.45, 7) is 6.02. The number of fused-ring (bicyclic) bond motifs is 1. The third-order valence-electron chi connectivity index (χ3n) is 7.63. The maximum Gasteiger partial charge on any atom is 0.359 e. The van der Waals surface area contributed by atoms with Crippen LogP contribution in [0.25, 0.3) is 5.65 Å². The van der Waals surface area contributed by atoms with Crippen molar-refractivity contribution >= 4 is 33.6 Å². The van der Waals surface area contributed by atoms with E-state index in [-0.39, 0.29) is 18.0 Å². The maximum atomic E-state index is 14.2. The number of hydrogen-bond donors (Lipinski definition) is 2. The molecule has 0 saturated carbocycles. The standard InChI is InChI=1S/C27H35N7O3S/c1-19-16-34-24(30-25(19)32-14-12-21(28)17-32)15-22(31-34)23-11-7-8-13-33(23)26(35)27(2,18-29-38(3,36)37)20-9-5-4-6-10-20/h4-6,9-10,15-16,18,21,23H,7-8,11-14,17,28H2,1-3H3/p+1/b29-18-/t21-,23-,27+/m0/s1. The Hall–Kier alpha value is -3.31. The number of likely N-dealkylation sites (tertiary alicyclic amines) is 1. The van der Waals surface area contributed by atoms with Crippen LogP contribution in [0.5, 0.6) is 0 Å². The van der Waals surface area contributed by atoms with Gasteiger partial charge in [-0.25, -0.2) is 9.50 Å². The fourth-order valence-electron chi connectivity index (χ4n) is 5.54. The first-order valence-corrected chi connectivity index (χ1v) is 15.0. The molecule has 1 aromatic carbocycles. The van der Waals surface area contributed by atoms with Crippen LogP contribution in [0.4, 0.5) is 5.82 Å². The van der Waals surface area contributed by atoms with E-state index in [1.807, 2.05) is 54.4 Å².